The van der Waals surface area contributed by atoms with Crippen LogP contribution >= 0.6 is 0 Å². The summed E-state index contributed by atoms with van der Waals surface area (Å²) in [4.78, 5) is 11.5. The summed E-state index contributed by atoms with van der Waals surface area (Å²) in [6, 6.07) is 7.39. The first kappa shape index (κ1) is 14.0. The number of hydrogen-bond donors (Lipinski definition) is 2. The Labute approximate surface area is 113 Å². The van der Waals surface area contributed by atoms with Gasteiger partial charge in [0, 0.05) is 25.0 Å². The van der Waals surface area contributed by atoms with Gasteiger partial charge >= 0.3 is 0 Å². The van der Waals surface area contributed by atoms with Crippen LogP contribution in [0.5, 0.6) is 0 Å². The van der Waals surface area contributed by atoms with Crippen LogP contribution in [0.3, 0.4) is 0 Å². The first-order chi connectivity index (χ1) is 9.15. The Morgan fingerprint density at radius 1 is 1.42 bits per heavy atom. The van der Waals surface area contributed by atoms with Crippen LogP contribution in [-0.2, 0) is 11.2 Å². The molecule has 0 spiro atoms. The second kappa shape index (κ2) is 6.66. The van der Waals surface area contributed by atoms with Crippen LogP contribution in [0.15, 0.2) is 24.3 Å². The Morgan fingerprint density at radius 2 is 2.16 bits per heavy atom. The molecule has 19 heavy (non-hydrogen) atoms. The molecular weight excluding hydrogens is 243 g/mol. The highest BCUT2D eigenvalue weighted by Gasteiger charge is 2.22. The highest BCUT2D eigenvalue weighted by molar-refractivity contribution is 5.76. The molecule has 2 rings (SSSR count). The quantitative estimate of drug-likeness (QED) is 0.791. The summed E-state index contributed by atoms with van der Waals surface area (Å²) in [7, 11) is 0. The third kappa shape index (κ3) is 4.99. The maximum absolute atomic E-state index is 13.5. The van der Waals surface area contributed by atoms with E-state index >= 15 is 0 Å². The first-order valence-corrected chi connectivity index (χ1v) is 6.91. The smallest absolute Gasteiger partial charge is 0.221 e. The third-order valence-corrected chi connectivity index (χ3v) is 3.27. The van der Waals surface area contributed by atoms with Gasteiger partial charge in [-0.15, -0.1) is 0 Å². The summed E-state index contributed by atoms with van der Waals surface area (Å²) >= 11 is 0. The van der Waals surface area contributed by atoms with Crippen molar-refractivity contribution in [3.05, 3.63) is 35.6 Å². The van der Waals surface area contributed by atoms with Crippen LogP contribution in [0.1, 0.15) is 31.7 Å². The molecule has 0 bridgehead atoms. The minimum absolute atomic E-state index is 0.105. The molecule has 1 aliphatic carbocycles. The number of hydrogen-bond acceptors (Lipinski definition) is 2. The Bertz CT molecular complexity index is 432. The molecule has 1 amide bonds. The van der Waals surface area contributed by atoms with E-state index in [0.717, 1.165) is 12.8 Å². The van der Waals surface area contributed by atoms with E-state index < -0.39 is 0 Å². The molecule has 1 saturated carbocycles. The lowest BCUT2D eigenvalue weighted by molar-refractivity contribution is -0.121. The van der Waals surface area contributed by atoms with E-state index in [2.05, 4.69) is 10.6 Å². The second-order valence-electron chi connectivity index (χ2n) is 5.24. The molecule has 3 nitrogen and oxygen atoms in total. The van der Waals surface area contributed by atoms with Gasteiger partial charge in [-0.25, -0.2) is 4.39 Å². The van der Waals surface area contributed by atoms with Crippen LogP contribution in [0.25, 0.3) is 0 Å². The second-order valence-corrected chi connectivity index (χ2v) is 5.24. The summed E-state index contributed by atoms with van der Waals surface area (Å²) in [5.74, 6) is -0.0595. The van der Waals surface area contributed by atoms with Crippen molar-refractivity contribution < 1.29 is 9.18 Å². The molecule has 0 saturated heterocycles. The van der Waals surface area contributed by atoms with Crippen LogP contribution < -0.4 is 10.6 Å². The molecule has 0 heterocycles. The van der Waals surface area contributed by atoms with Gasteiger partial charge in [0.2, 0.25) is 5.91 Å². The Morgan fingerprint density at radius 3 is 2.84 bits per heavy atom. The maximum atomic E-state index is 13.5. The van der Waals surface area contributed by atoms with Crippen molar-refractivity contribution in [1.29, 1.82) is 0 Å². The fourth-order valence-electron chi connectivity index (χ4n) is 2.03. The highest BCUT2D eigenvalue weighted by atomic mass is 19.1. The van der Waals surface area contributed by atoms with E-state index in [1.54, 1.807) is 12.1 Å². The van der Waals surface area contributed by atoms with E-state index in [9.17, 15) is 9.18 Å². The average Bonchev–Trinajstić information content (AvgIpc) is 3.16. The minimum Gasteiger partial charge on any atom is -0.353 e. The molecule has 4 heteroatoms. The number of amides is 1. The van der Waals surface area contributed by atoms with E-state index in [1.807, 2.05) is 13.0 Å². The predicted octanol–water partition coefficient (Wildman–Crippen LogP) is 2.01. The lowest BCUT2D eigenvalue weighted by Crippen LogP contribution is -2.33. The van der Waals surface area contributed by atoms with Gasteiger partial charge < -0.3 is 10.6 Å². The molecule has 0 aliphatic heterocycles. The molecule has 1 aromatic carbocycles. The van der Waals surface area contributed by atoms with Crippen molar-refractivity contribution in [2.45, 2.75) is 44.7 Å². The number of benzene rings is 1. The van der Waals surface area contributed by atoms with Gasteiger partial charge in [0.15, 0.2) is 0 Å². The Balaban J connectivity index is 1.65. The van der Waals surface area contributed by atoms with E-state index in [1.165, 1.54) is 6.07 Å². The lowest BCUT2D eigenvalue weighted by atomic mass is 10.1. The number of nitrogens with one attached hydrogen (secondary N) is 2. The van der Waals surface area contributed by atoms with Crippen molar-refractivity contribution >= 4 is 5.91 Å². The fourth-order valence-corrected chi connectivity index (χ4v) is 2.03. The normalized spacial score (nSPS) is 16.1. The number of rotatable bonds is 7. The standard InChI is InChI=1S/C15H21FN2O/c1-11(10-12-4-2-3-5-14(12)16)17-9-8-15(19)18-13-6-7-13/h2-5,11,13,17H,6-10H2,1H3,(H,18,19). The highest BCUT2D eigenvalue weighted by Crippen LogP contribution is 2.18. The molecular formula is C15H21FN2O. The summed E-state index contributed by atoms with van der Waals surface area (Å²) in [5, 5.41) is 6.20. The van der Waals surface area contributed by atoms with Gasteiger partial charge in [0.05, 0.1) is 0 Å². The van der Waals surface area contributed by atoms with Crippen LogP contribution in [0, 0.1) is 5.82 Å². The van der Waals surface area contributed by atoms with Crippen LogP contribution in [-0.4, -0.2) is 24.5 Å². The topological polar surface area (TPSA) is 41.1 Å². The van der Waals surface area contributed by atoms with Crippen molar-refractivity contribution in [1.82, 2.24) is 10.6 Å². The molecule has 2 N–H and O–H groups in total. The maximum Gasteiger partial charge on any atom is 0.221 e. The molecule has 1 fully saturated rings. The van der Waals surface area contributed by atoms with Crippen molar-refractivity contribution in [3.8, 4) is 0 Å². The molecule has 1 aromatic rings. The minimum atomic E-state index is -0.164. The zero-order chi connectivity index (χ0) is 13.7. The summed E-state index contributed by atoms with van der Waals surface area (Å²) in [5.41, 5.74) is 0.713. The van der Waals surface area contributed by atoms with Gasteiger partial charge in [0.1, 0.15) is 5.82 Å². The Kier molecular flexibility index (Phi) is 4.91. The largest absolute Gasteiger partial charge is 0.353 e. The van der Waals surface area contributed by atoms with Gasteiger partial charge in [0.25, 0.3) is 0 Å². The average molecular weight is 264 g/mol. The molecule has 104 valence electrons. The zero-order valence-corrected chi connectivity index (χ0v) is 11.3. The molecule has 0 radical (unpaired) electrons. The number of halogens is 1. The Hall–Kier alpha value is -1.42. The van der Waals surface area contributed by atoms with Gasteiger partial charge in [-0.2, -0.15) is 0 Å². The van der Waals surface area contributed by atoms with E-state index in [-0.39, 0.29) is 17.8 Å². The van der Waals surface area contributed by atoms with Crippen molar-refractivity contribution in [3.63, 3.8) is 0 Å². The zero-order valence-electron chi connectivity index (χ0n) is 11.3. The number of carbonyl (C=O) groups excluding carboxylic acids is 1. The third-order valence-electron chi connectivity index (χ3n) is 3.27. The first-order valence-electron chi connectivity index (χ1n) is 6.91. The molecule has 1 unspecified atom stereocenters. The van der Waals surface area contributed by atoms with Gasteiger partial charge in [-0.05, 0) is 37.8 Å². The van der Waals surface area contributed by atoms with Gasteiger partial charge in [-0.3, -0.25) is 4.79 Å². The summed E-state index contributed by atoms with van der Waals surface area (Å²) < 4.78 is 13.5. The molecule has 0 aromatic heterocycles. The fraction of sp³-hybridized carbons (Fsp3) is 0.533. The van der Waals surface area contributed by atoms with E-state index in [0.29, 0.717) is 31.0 Å². The van der Waals surface area contributed by atoms with Crippen LogP contribution in [0.4, 0.5) is 4.39 Å². The van der Waals surface area contributed by atoms with Gasteiger partial charge in [-0.1, -0.05) is 18.2 Å². The lowest BCUT2D eigenvalue weighted by Gasteiger charge is -2.14. The van der Waals surface area contributed by atoms with Crippen molar-refractivity contribution in [2.75, 3.05) is 6.54 Å². The predicted molar refractivity (Wildman–Crippen MR) is 73.4 cm³/mol. The monoisotopic (exact) mass is 264 g/mol. The molecule has 1 atom stereocenters. The molecule has 1 aliphatic rings. The van der Waals surface area contributed by atoms with E-state index in [4.69, 9.17) is 0 Å². The summed E-state index contributed by atoms with van der Waals surface area (Å²) in [6.07, 6.45) is 3.35. The SMILES string of the molecule is CC(Cc1ccccc1F)NCCC(=O)NC1CC1. The number of carbonyl (C=O) groups is 1. The summed E-state index contributed by atoms with van der Waals surface area (Å²) in [6.45, 7) is 2.64. The van der Waals surface area contributed by atoms with Crippen molar-refractivity contribution in [2.24, 2.45) is 0 Å². The van der Waals surface area contributed by atoms with Crippen LogP contribution in [0.2, 0.25) is 0 Å².